The molecule has 0 saturated carbocycles. The third-order valence-corrected chi connectivity index (χ3v) is 6.07. The van der Waals surface area contributed by atoms with E-state index >= 15 is 0 Å². The number of sulfonamides is 1. The summed E-state index contributed by atoms with van der Waals surface area (Å²) in [7, 11) is -1.96. The molecule has 3 atom stereocenters. The van der Waals surface area contributed by atoms with Crippen LogP contribution in [0, 0.1) is 18.3 Å². The highest BCUT2D eigenvalue weighted by molar-refractivity contribution is 7.88. The van der Waals surface area contributed by atoms with Crippen molar-refractivity contribution in [2.24, 2.45) is 5.92 Å². The van der Waals surface area contributed by atoms with Crippen LogP contribution in [0.5, 0.6) is 0 Å². The maximum Gasteiger partial charge on any atom is 0.243 e. The summed E-state index contributed by atoms with van der Waals surface area (Å²) in [4.78, 5) is 24.9. The van der Waals surface area contributed by atoms with Crippen LogP contribution in [0.3, 0.4) is 0 Å². The molecule has 0 saturated heterocycles. The van der Waals surface area contributed by atoms with Crippen LogP contribution < -0.4 is 16.0 Å². The fraction of sp³-hybridized carbons (Fsp3) is 0.565. The van der Waals surface area contributed by atoms with Gasteiger partial charge in [-0.05, 0) is 24.9 Å². The van der Waals surface area contributed by atoms with Gasteiger partial charge in [0, 0.05) is 19.5 Å². The minimum absolute atomic E-state index is 0.0168. The lowest BCUT2D eigenvalue weighted by Crippen LogP contribution is -2.56. The first-order valence-corrected chi connectivity index (χ1v) is 12.7. The summed E-state index contributed by atoms with van der Waals surface area (Å²) >= 11 is 0. The van der Waals surface area contributed by atoms with E-state index in [0.717, 1.165) is 11.8 Å². The zero-order valence-corrected chi connectivity index (χ0v) is 20.6. The molecule has 9 nitrogen and oxygen atoms in total. The second-order valence-corrected chi connectivity index (χ2v) is 10.4. The maximum atomic E-state index is 13.0. The number of benzene rings is 1. The molecule has 0 unspecified atom stereocenters. The quantitative estimate of drug-likeness (QED) is 0.271. The van der Waals surface area contributed by atoms with E-state index in [9.17, 15) is 23.1 Å². The molecule has 0 radical (unpaired) electrons. The number of hydrogen-bond donors (Lipinski definition) is 4. The van der Waals surface area contributed by atoms with Gasteiger partial charge in [-0.25, -0.2) is 8.42 Å². The van der Waals surface area contributed by atoms with Crippen molar-refractivity contribution < 1.29 is 23.1 Å². The number of amides is 2. The van der Waals surface area contributed by atoms with Crippen molar-refractivity contribution in [3.05, 3.63) is 35.9 Å². The van der Waals surface area contributed by atoms with Gasteiger partial charge in [-0.15, -0.1) is 12.3 Å². The molecule has 1 rings (SSSR count). The molecule has 0 aliphatic carbocycles. The molecule has 2 amide bonds. The van der Waals surface area contributed by atoms with Crippen LogP contribution in [0.4, 0.5) is 0 Å². The van der Waals surface area contributed by atoms with Crippen molar-refractivity contribution in [3.63, 3.8) is 0 Å². The summed E-state index contributed by atoms with van der Waals surface area (Å²) in [6.07, 6.45) is 5.50. The monoisotopic (exact) mass is 480 g/mol. The topological polar surface area (TPSA) is 128 Å². The lowest BCUT2D eigenvalue weighted by molar-refractivity contribution is -0.129. The van der Waals surface area contributed by atoms with Gasteiger partial charge in [-0.1, -0.05) is 44.2 Å². The van der Waals surface area contributed by atoms with Crippen LogP contribution in [-0.4, -0.2) is 80.8 Å². The summed E-state index contributed by atoms with van der Waals surface area (Å²) in [6.45, 7) is 3.84. The Kier molecular flexibility index (Phi) is 12.1. The Morgan fingerprint density at radius 2 is 1.79 bits per heavy atom. The standard InChI is InChI=1S/C23H36N4O5S/c1-6-10-19(25-22(29)14-24-4)23(30)26-20(13-18-11-8-7-9-12-18)21(28)16-27(15-17(2)3)33(5,31)32/h1,7-9,11-12,17,19-21,24,28H,10,13-16H2,2-5H3,(H,25,29)(H,26,30)/t19-,20-,21+/m0/s1. The summed E-state index contributed by atoms with van der Waals surface area (Å²) in [5.74, 6) is 1.48. The molecule has 0 aliphatic heterocycles. The Hall–Kier alpha value is -2.45. The van der Waals surface area contributed by atoms with Crippen molar-refractivity contribution in [3.8, 4) is 12.3 Å². The number of aliphatic hydroxyl groups excluding tert-OH is 1. The molecular weight excluding hydrogens is 444 g/mol. The van der Waals surface area contributed by atoms with Crippen LogP contribution in [-0.2, 0) is 26.0 Å². The molecule has 0 spiro atoms. The molecule has 0 aromatic heterocycles. The molecule has 33 heavy (non-hydrogen) atoms. The van der Waals surface area contributed by atoms with Crippen LogP contribution in [0.2, 0.25) is 0 Å². The number of hydrogen-bond acceptors (Lipinski definition) is 6. The number of nitrogens with zero attached hydrogens (tertiary/aromatic N) is 1. The molecule has 0 bridgehead atoms. The van der Waals surface area contributed by atoms with Gasteiger partial charge in [0.15, 0.2) is 0 Å². The van der Waals surface area contributed by atoms with Crippen molar-refractivity contribution in [2.45, 2.75) is 44.9 Å². The van der Waals surface area contributed by atoms with E-state index in [1.54, 1.807) is 7.05 Å². The third-order valence-electron chi connectivity index (χ3n) is 4.83. The lowest BCUT2D eigenvalue weighted by Gasteiger charge is -2.30. The molecule has 0 fully saturated rings. The van der Waals surface area contributed by atoms with Crippen LogP contribution in [0.1, 0.15) is 25.8 Å². The first kappa shape index (κ1) is 28.6. The van der Waals surface area contributed by atoms with E-state index in [0.29, 0.717) is 0 Å². The van der Waals surface area contributed by atoms with Crippen LogP contribution in [0.25, 0.3) is 0 Å². The summed E-state index contributed by atoms with van der Waals surface area (Å²) in [6, 6.07) is 7.43. The Morgan fingerprint density at radius 3 is 2.30 bits per heavy atom. The fourth-order valence-electron chi connectivity index (χ4n) is 3.26. The first-order valence-electron chi connectivity index (χ1n) is 10.8. The summed E-state index contributed by atoms with van der Waals surface area (Å²) in [5.41, 5.74) is 0.851. The minimum atomic E-state index is -3.57. The largest absolute Gasteiger partial charge is 0.390 e. The van der Waals surface area contributed by atoms with Gasteiger partial charge in [-0.3, -0.25) is 9.59 Å². The van der Waals surface area contributed by atoms with Gasteiger partial charge in [0.25, 0.3) is 0 Å². The Morgan fingerprint density at radius 1 is 1.15 bits per heavy atom. The number of aliphatic hydroxyl groups is 1. The summed E-state index contributed by atoms with van der Waals surface area (Å²) < 4.78 is 25.7. The van der Waals surface area contributed by atoms with Gasteiger partial charge in [0.05, 0.1) is 24.9 Å². The Bertz CT molecular complexity index is 899. The smallest absolute Gasteiger partial charge is 0.243 e. The van der Waals surface area contributed by atoms with E-state index in [2.05, 4.69) is 21.9 Å². The van der Waals surface area contributed by atoms with Crippen LogP contribution in [0.15, 0.2) is 30.3 Å². The molecule has 1 aromatic rings. The third kappa shape index (κ3) is 10.8. The number of nitrogens with one attached hydrogen (secondary N) is 3. The second kappa shape index (κ2) is 14.0. The van der Waals surface area contributed by atoms with Crippen molar-refractivity contribution in [1.29, 1.82) is 0 Å². The SMILES string of the molecule is C#CC[C@H](NC(=O)CNC)C(=O)N[C@@H](Cc1ccccc1)[C@H](O)CN(CC(C)C)S(C)(=O)=O. The molecule has 4 N–H and O–H groups in total. The average molecular weight is 481 g/mol. The molecule has 10 heteroatoms. The molecule has 1 aromatic carbocycles. The molecule has 0 aliphatic rings. The van der Waals surface area contributed by atoms with Crippen molar-refractivity contribution in [2.75, 3.05) is 32.9 Å². The highest BCUT2D eigenvalue weighted by Crippen LogP contribution is 2.12. The van der Waals surface area contributed by atoms with E-state index in [4.69, 9.17) is 6.42 Å². The minimum Gasteiger partial charge on any atom is -0.390 e. The van der Waals surface area contributed by atoms with E-state index < -0.39 is 40.0 Å². The zero-order valence-electron chi connectivity index (χ0n) is 19.7. The number of rotatable bonds is 14. The number of carbonyl (C=O) groups excluding carboxylic acids is 2. The summed E-state index contributed by atoms with van der Waals surface area (Å²) in [5, 5.41) is 19.0. The predicted molar refractivity (Wildman–Crippen MR) is 129 cm³/mol. The lowest BCUT2D eigenvalue weighted by atomic mass is 10.00. The van der Waals surface area contributed by atoms with Gasteiger partial charge in [0.2, 0.25) is 21.8 Å². The number of terminal acetylenes is 1. The normalized spacial score (nSPS) is 14.4. The first-order chi connectivity index (χ1) is 15.5. The van der Waals surface area contributed by atoms with Crippen molar-refractivity contribution >= 4 is 21.8 Å². The zero-order chi connectivity index (χ0) is 25.0. The maximum absolute atomic E-state index is 13.0. The van der Waals surface area contributed by atoms with Gasteiger partial charge >= 0.3 is 0 Å². The van der Waals surface area contributed by atoms with Gasteiger partial charge in [0.1, 0.15) is 6.04 Å². The van der Waals surface area contributed by atoms with Crippen LogP contribution >= 0.6 is 0 Å². The van der Waals surface area contributed by atoms with Crippen molar-refractivity contribution in [1.82, 2.24) is 20.3 Å². The van der Waals surface area contributed by atoms with E-state index in [1.807, 2.05) is 44.2 Å². The predicted octanol–water partition coefficient (Wildman–Crippen LogP) is -0.280. The van der Waals surface area contributed by atoms with E-state index in [1.165, 1.54) is 4.31 Å². The highest BCUT2D eigenvalue weighted by atomic mass is 32.2. The Balaban J connectivity index is 3.10. The molecular formula is C23H36N4O5S. The van der Waals surface area contributed by atoms with E-state index in [-0.39, 0.29) is 38.4 Å². The van der Waals surface area contributed by atoms with Gasteiger partial charge < -0.3 is 21.1 Å². The second-order valence-electron chi connectivity index (χ2n) is 8.40. The number of carbonyl (C=O) groups is 2. The fourth-order valence-corrected chi connectivity index (χ4v) is 4.25. The van der Waals surface area contributed by atoms with Gasteiger partial charge in [-0.2, -0.15) is 4.31 Å². The number of likely N-dealkylation sites (N-methyl/N-ethyl adjacent to an activating group) is 1. The Labute approximate surface area is 197 Å². The molecule has 184 valence electrons. The average Bonchev–Trinajstić information content (AvgIpc) is 2.72. The highest BCUT2D eigenvalue weighted by Gasteiger charge is 2.30. The molecule has 0 heterocycles.